The van der Waals surface area contributed by atoms with Gasteiger partial charge in [-0.15, -0.1) is 0 Å². The minimum atomic E-state index is -0.991. The van der Waals surface area contributed by atoms with Gasteiger partial charge in [-0.05, 0) is 37.5 Å². The molecule has 3 nitrogen and oxygen atoms in total. The van der Waals surface area contributed by atoms with Crippen molar-refractivity contribution in [2.45, 2.75) is 26.4 Å². The van der Waals surface area contributed by atoms with Crippen molar-refractivity contribution in [3.05, 3.63) is 35.1 Å². The van der Waals surface area contributed by atoms with Gasteiger partial charge < -0.3 is 10.4 Å². The molecule has 0 fully saturated rings. The molecule has 0 aliphatic carbocycles. The van der Waals surface area contributed by atoms with E-state index in [0.717, 1.165) is 5.56 Å². The minimum absolute atomic E-state index is 0.225. The van der Waals surface area contributed by atoms with E-state index < -0.39 is 6.10 Å². The van der Waals surface area contributed by atoms with Gasteiger partial charge in [-0.3, -0.25) is 4.79 Å². The lowest BCUT2D eigenvalue weighted by Crippen LogP contribution is -2.33. The van der Waals surface area contributed by atoms with Crippen LogP contribution in [0.5, 0.6) is 0 Å². The predicted molar refractivity (Wildman–Crippen MR) is 59.5 cm³/mol. The highest BCUT2D eigenvalue weighted by Gasteiger charge is 2.07. The first-order valence-corrected chi connectivity index (χ1v) is 5.21. The zero-order valence-corrected chi connectivity index (χ0v) is 9.46. The van der Waals surface area contributed by atoms with Crippen molar-refractivity contribution < 1.29 is 14.3 Å². The van der Waals surface area contributed by atoms with Crippen LogP contribution in [0.3, 0.4) is 0 Å². The maximum atomic E-state index is 13.0. The molecule has 1 aromatic carbocycles. The van der Waals surface area contributed by atoms with Crippen LogP contribution in [0.25, 0.3) is 0 Å². The fourth-order valence-corrected chi connectivity index (χ4v) is 1.34. The number of hydrogen-bond acceptors (Lipinski definition) is 2. The van der Waals surface area contributed by atoms with E-state index in [2.05, 4.69) is 5.32 Å². The van der Waals surface area contributed by atoms with E-state index in [1.807, 2.05) is 0 Å². The number of nitrogens with one attached hydrogen (secondary N) is 1. The van der Waals surface area contributed by atoms with Crippen LogP contribution in [0.2, 0.25) is 0 Å². The second-order valence-corrected chi connectivity index (χ2v) is 3.80. The summed E-state index contributed by atoms with van der Waals surface area (Å²) in [6.45, 7) is 3.55. The summed E-state index contributed by atoms with van der Waals surface area (Å²) in [5.74, 6) is -0.615. The molecule has 16 heavy (non-hydrogen) atoms. The number of halogens is 1. The molecule has 0 heterocycles. The van der Waals surface area contributed by atoms with Gasteiger partial charge in [0.25, 0.3) is 0 Å². The van der Waals surface area contributed by atoms with Gasteiger partial charge in [0, 0.05) is 6.54 Å². The van der Waals surface area contributed by atoms with E-state index >= 15 is 0 Å². The lowest BCUT2D eigenvalue weighted by atomic mass is 10.1. The number of hydrogen-bond donors (Lipinski definition) is 2. The average Bonchev–Trinajstić information content (AvgIpc) is 2.23. The van der Waals surface area contributed by atoms with Gasteiger partial charge in [-0.25, -0.2) is 4.39 Å². The van der Waals surface area contributed by atoms with Gasteiger partial charge in [0.15, 0.2) is 0 Å². The second-order valence-electron chi connectivity index (χ2n) is 3.80. The Hall–Kier alpha value is -1.42. The van der Waals surface area contributed by atoms with Gasteiger partial charge in [0.05, 0.1) is 0 Å². The number of amides is 1. The Kier molecular flexibility index (Phi) is 4.43. The first kappa shape index (κ1) is 12.6. The van der Waals surface area contributed by atoms with Gasteiger partial charge in [-0.2, -0.15) is 0 Å². The largest absolute Gasteiger partial charge is 0.384 e. The van der Waals surface area contributed by atoms with Crippen molar-refractivity contribution in [3.63, 3.8) is 0 Å². The van der Waals surface area contributed by atoms with Crippen molar-refractivity contribution in [1.82, 2.24) is 5.32 Å². The summed E-state index contributed by atoms with van der Waals surface area (Å²) in [4.78, 5) is 11.0. The molecule has 1 atom stereocenters. The van der Waals surface area contributed by atoms with Crippen molar-refractivity contribution in [1.29, 1.82) is 0 Å². The Morgan fingerprint density at radius 3 is 2.81 bits per heavy atom. The molecule has 0 bridgehead atoms. The van der Waals surface area contributed by atoms with E-state index in [4.69, 9.17) is 5.11 Å². The molecule has 0 spiro atoms. The molecule has 4 heteroatoms. The number of aliphatic hydroxyl groups excluding tert-OH is 1. The smallest absolute Gasteiger partial charge is 0.248 e. The molecule has 88 valence electrons. The topological polar surface area (TPSA) is 49.3 Å². The molecule has 1 unspecified atom stereocenters. The Bertz CT molecular complexity index is 377. The number of aliphatic hydroxyl groups is 1. The minimum Gasteiger partial charge on any atom is -0.384 e. The van der Waals surface area contributed by atoms with Gasteiger partial charge in [-0.1, -0.05) is 12.1 Å². The maximum Gasteiger partial charge on any atom is 0.248 e. The molecule has 0 aromatic heterocycles. The van der Waals surface area contributed by atoms with E-state index in [0.29, 0.717) is 18.5 Å². The summed E-state index contributed by atoms with van der Waals surface area (Å²) >= 11 is 0. The molecule has 1 rings (SSSR count). The molecule has 0 aliphatic heterocycles. The fraction of sp³-hybridized carbons (Fsp3) is 0.417. The maximum absolute atomic E-state index is 13.0. The third kappa shape index (κ3) is 3.62. The molecule has 0 radical (unpaired) electrons. The summed E-state index contributed by atoms with van der Waals surface area (Å²) in [6.07, 6.45) is -0.366. The first-order chi connectivity index (χ1) is 7.50. The number of aryl methyl sites for hydroxylation is 1. The van der Waals surface area contributed by atoms with Crippen molar-refractivity contribution in [2.24, 2.45) is 0 Å². The van der Waals surface area contributed by atoms with Crippen LogP contribution in [0, 0.1) is 12.7 Å². The SMILES string of the molecule is Cc1cc(CCNC(=O)C(C)O)ccc1F. The normalized spacial score (nSPS) is 12.2. The number of carbonyl (C=O) groups excluding carboxylic acids is 1. The van der Waals surface area contributed by atoms with Crippen LogP contribution in [0.1, 0.15) is 18.1 Å². The lowest BCUT2D eigenvalue weighted by Gasteiger charge is -2.07. The average molecular weight is 225 g/mol. The first-order valence-electron chi connectivity index (χ1n) is 5.21. The predicted octanol–water partition coefficient (Wildman–Crippen LogP) is 1.17. The molecule has 0 aliphatic rings. The van der Waals surface area contributed by atoms with E-state index in [9.17, 15) is 9.18 Å². The highest BCUT2D eigenvalue weighted by molar-refractivity contribution is 5.79. The molecular formula is C12H16FNO2. The second kappa shape index (κ2) is 5.61. The lowest BCUT2D eigenvalue weighted by molar-refractivity contribution is -0.128. The quantitative estimate of drug-likeness (QED) is 0.808. The van der Waals surface area contributed by atoms with Crippen LogP contribution < -0.4 is 5.32 Å². The summed E-state index contributed by atoms with van der Waals surface area (Å²) in [7, 11) is 0. The number of carbonyl (C=O) groups is 1. The molecule has 0 saturated carbocycles. The Morgan fingerprint density at radius 1 is 1.56 bits per heavy atom. The van der Waals surface area contributed by atoms with Gasteiger partial charge >= 0.3 is 0 Å². The highest BCUT2D eigenvalue weighted by atomic mass is 19.1. The number of rotatable bonds is 4. The summed E-state index contributed by atoms with van der Waals surface area (Å²) in [5, 5.41) is 11.5. The summed E-state index contributed by atoms with van der Waals surface area (Å²) < 4.78 is 13.0. The van der Waals surface area contributed by atoms with E-state index in [-0.39, 0.29) is 11.7 Å². The van der Waals surface area contributed by atoms with E-state index in [1.54, 1.807) is 19.1 Å². The Labute approximate surface area is 94.3 Å². The molecule has 2 N–H and O–H groups in total. The molecular weight excluding hydrogens is 209 g/mol. The zero-order valence-electron chi connectivity index (χ0n) is 9.46. The zero-order chi connectivity index (χ0) is 12.1. The van der Waals surface area contributed by atoms with Crippen LogP contribution in [0.15, 0.2) is 18.2 Å². The van der Waals surface area contributed by atoms with Gasteiger partial charge in [0.2, 0.25) is 5.91 Å². The summed E-state index contributed by atoms with van der Waals surface area (Å²) in [6, 6.07) is 4.86. The molecule has 1 aromatic rings. The van der Waals surface area contributed by atoms with Crippen molar-refractivity contribution in [2.75, 3.05) is 6.54 Å². The van der Waals surface area contributed by atoms with E-state index in [1.165, 1.54) is 13.0 Å². The van der Waals surface area contributed by atoms with Gasteiger partial charge in [0.1, 0.15) is 11.9 Å². The molecule has 0 saturated heterocycles. The van der Waals surface area contributed by atoms with Crippen LogP contribution in [-0.2, 0) is 11.2 Å². The third-order valence-electron chi connectivity index (χ3n) is 2.31. The van der Waals surface area contributed by atoms with Crippen LogP contribution >= 0.6 is 0 Å². The molecule has 1 amide bonds. The number of benzene rings is 1. The van der Waals surface area contributed by atoms with Crippen LogP contribution in [-0.4, -0.2) is 23.7 Å². The highest BCUT2D eigenvalue weighted by Crippen LogP contribution is 2.09. The third-order valence-corrected chi connectivity index (χ3v) is 2.31. The Morgan fingerprint density at radius 2 is 2.25 bits per heavy atom. The van der Waals surface area contributed by atoms with Crippen LogP contribution in [0.4, 0.5) is 4.39 Å². The van der Waals surface area contributed by atoms with Crippen molar-refractivity contribution >= 4 is 5.91 Å². The monoisotopic (exact) mass is 225 g/mol. The fourth-order valence-electron chi connectivity index (χ4n) is 1.34. The summed E-state index contributed by atoms with van der Waals surface area (Å²) in [5.41, 5.74) is 1.56. The van der Waals surface area contributed by atoms with Crippen molar-refractivity contribution in [3.8, 4) is 0 Å². The standard InChI is InChI=1S/C12H16FNO2/c1-8-7-10(3-4-11(8)13)5-6-14-12(16)9(2)15/h3-4,7,9,15H,5-6H2,1-2H3,(H,14,16). The Balaban J connectivity index is 2.43.